The Hall–Kier alpha value is -1.27. The molecule has 2 heterocycles. The number of halogens is 1. The van der Waals surface area contributed by atoms with E-state index in [1.54, 1.807) is 24.3 Å². The lowest BCUT2D eigenvalue weighted by Gasteiger charge is -2.21. The maximum atomic E-state index is 11.9. The number of rotatable bonds is 1. The highest BCUT2D eigenvalue weighted by molar-refractivity contribution is 7.91. The SMILES string of the molecule is O=C1N[C@H]2CS(=O)(=O)C[C@@H]2N1c1ccc(Cl)cc1. The van der Waals surface area contributed by atoms with Crippen LogP contribution in [0.15, 0.2) is 24.3 Å². The summed E-state index contributed by atoms with van der Waals surface area (Å²) in [6, 6.07) is 5.93. The first kappa shape index (κ1) is 11.8. The largest absolute Gasteiger partial charge is 0.332 e. The molecule has 18 heavy (non-hydrogen) atoms. The summed E-state index contributed by atoms with van der Waals surface area (Å²) in [5, 5.41) is 3.29. The number of nitrogens with zero attached hydrogens (tertiary/aromatic N) is 1. The number of benzene rings is 1. The van der Waals surface area contributed by atoms with E-state index < -0.39 is 9.84 Å². The third kappa shape index (κ3) is 1.85. The summed E-state index contributed by atoms with van der Waals surface area (Å²) in [6.07, 6.45) is 0. The van der Waals surface area contributed by atoms with Crippen molar-refractivity contribution < 1.29 is 13.2 Å². The number of hydrogen-bond donors (Lipinski definition) is 1. The van der Waals surface area contributed by atoms with Gasteiger partial charge in [0, 0.05) is 10.7 Å². The van der Waals surface area contributed by atoms with Gasteiger partial charge < -0.3 is 5.32 Å². The standard InChI is InChI=1S/C11H11ClN2O3S/c12-7-1-3-8(4-2-7)14-10-6-18(16,17)5-9(10)13-11(14)15/h1-4,9-10H,5-6H2,(H,13,15)/t9-,10-/m0/s1. The zero-order valence-corrected chi connectivity index (χ0v) is 10.9. The Labute approximate surface area is 110 Å². The summed E-state index contributed by atoms with van der Waals surface area (Å²) >= 11 is 5.80. The number of amides is 2. The van der Waals surface area contributed by atoms with Crippen LogP contribution in [0.4, 0.5) is 10.5 Å². The predicted octanol–water partition coefficient (Wildman–Crippen LogP) is 1.04. The third-order valence-electron chi connectivity index (χ3n) is 3.29. The summed E-state index contributed by atoms with van der Waals surface area (Å²) in [4.78, 5) is 13.4. The minimum absolute atomic E-state index is 0.0129. The molecule has 5 nitrogen and oxygen atoms in total. The molecule has 0 aliphatic carbocycles. The molecule has 96 valence electrons. The van der Waals surface area contributed by atoms with Crippen LogP contribution in [0.2, 0.25) is 5.02 Å². The highest BCUT2D eigenvalue weighted by atomic mass is 35.5. The normalized spacial score (nSPS) is 29.2. The molecule has 7 heteroatoms. The molecular formula is C11H11ClN2O3S. The summed E-state index contributed by atoms with van der Waals surface area (Å²) in [7, 11) is -3.06. The van der Waals surface area contributed by atoms with E-state index in [4.69, 9.17) is 11.6 Å². The Bertz CT molecular complexity index is 599. The molecule has 0 aromatic heterocycles. The van der Waals surface area contributed by atoms with Crippen LogP contribution >= 0.6 is 11.6 Å². The molecule has 2 atom stereocenters. The summed E-state index contributed by atoms with van der Waals surface area (Å²) in [6.45, 7) is 0. The Balaban J connectivity index is 1.96. The van der Waals surface area contributed by atoms with Crippen molar-refractivity contribution >= 4 is 33.2 Å². The summed E-state index contributed by atoms with van der Waals surface area (Å²) in [5.74, 6) is 0.0343. The van der Waals surface area contributed by atoms with Crippen LogP contribution in [0, 0.1) is 0 Å². The van der Waals surface area contributed by atoms with Gasteiger partial charge >= 0.3 is 6.03 Å². The Morgan fingerprint density at radius 2 is 1.89 bits per heavy atom. The molecule has 1 N–H and O–H groups in total. The van der Waals surface area contributed by atoms with E-state index in [9.17, 15) is 13.2 Å². The Kier molecular flexibility index (Phi) is 2.53. The van der Waals surface area contributed by atoms with Gasteiger partial charge in [-0.3, -0.25) is 4.90 Å². The fraction of sp³-hybridized carbons (Fsp3) is 0.364. The second-order valence-electron chi connectivity index (χ2n) is 4.55. The third-order valence-corrected chi connectivity index (χ3v) is 5.26. The number of carbonyl (C=O) groups is 1. The Morgan fingerprint density at radius 1 is 1.22 bits per heavy atom. The van der Waals surface area contributed by atoms with Crippen molar-refractivity contribution in [2.75, 3.05) is 16.4 Å². The van der Waals surface area contributed by atoms with Gasteiger partial charge in [-0.2, -0.15) is 0 Å². The van der Waals surface area contributed by atoms with Gasteiger partial charge in [0.25, 0.3) is 0 Å². The van der Waals surface area contributed by atoms with Crippen LogP contribution in [-0.2, 0) is 9.84 Å². The molecular weight excluding hydrogens is 276 g/mol. The molecule has 0 saturated carbocycles. The predicted molar refractivity (Wildman–Crippen MR) is 68.7 cm³/mol. The van der Waals surface area contributed by atoms with Crippen molar-refractivity contribution in [3.05, 3.63) is 29.3 Å². The van der Waals surface area contributed by atoms with Crippen molar-refractivity contribution in [1.29, 1.82) is 0 Å². The maximum Gasteiger partial charge on any atom is 0.322 e. The lowest BCUT2D eigenvalue weighted by atomic mass is 10.1. The first-order valence-electron chi connectivity index (χ1n) is 5.52. The highest BCUT2D eigenvalue weighted by Crippen LogP contribution is 2.30. The second-order valence-corrected chi connectivity index (χ2v) is 7.14. The van der Waals surface area contributed by atoms with Crippen molar-refractivity contribution in [2.24, 2.45) is 0 Å². The van der Waals surface area contributed by atoms with E-state index in [-0.39, 0.29) is 29.6 Å². The minimum atomic E-state index is -3.06. The van der Waals surface area contributed by atoms with Gasteiger partial charge in [0.2, 0.25) is 0 Å². The molecule has 0 radical (unpaired) electrons. The fourth-order valence-corrected chi connectivity index (χ4v) is 4.53. The van der Waals surface area contributed by atoms with Gasteiger partial charge in [0.05, 0.1) is 23.6 Å². The number of anilines is 1. The van der Waals surface area contributed by atoms with Crippen molar-refractivity contribution in [3.63, 3.8) is 0 Å². The monoisotopic (exact) mass is 286 g/mol. The van der Waals surface area contributed by atoms with Gasteiger partial charge in [-0.25, -0.2) is 13.2 Å². The number of fused-ring (bicyclic) bond motifs is 1. The molecule has 2 amide bonds. The zero-order chi connectivity index (χ0) is 12.9. The number of carbonyl (C=O) groups excluding carboxylic acids is 1. The molecule has 2 aliphatic rings. The van der Waals surface area contributed by atoms with E-state index in [0.29, 0.717) is 10.7 Å². The topological polar surface area (TPSA) is 66.5 Å². The molecule has 0 unspecified atom stereocenters. The number of urea groups is 1. The molecule has 0 bridgehead atoms. The van der Waals surface area contributed by atoms with Crippen molar-refractivity contribution in [2.45, 2.75) is 12.1 Å². The number of sulfone groups is 1. The molecule has 3 rings (SSSR count). The van der Waals surface area contributed by atoms with Crippen molar-refractivity contribution in [3.8, 4) is 0 Å². The van der Waals surface area contributed by atoms with Crippen LogP contribution in [0.3, 0.4) is 0 Å². The van der Waals surface area contributed by atoms with E-state index >= 15 is 0 Å². The van der Waals surface area contributed by atoms with Gasteiger partial charge in [-0.1, -0.05) is 11.6 Å². The molecule has 1 aromatic carbocycles. The second kappa shape index (κ2) is 3.86. The van der Waals surface area contributed by atoms with E-state index in [1.807, 2.05) is 0 Å². The quantitative estimate of drug-likeness (QED) is 0.784. The lowest BCUT2D eigenvalue weighted by Crippen LogP contribution is -2.36. The first-order valence-corrected chi connectivity index (χ1v) is 7.72. The van der Waals surface area contributed by atoms with Gasteiger partial charge in [-0.15, -0.1) is 0 Å². The van der Waals surface area contributed by atoms with E-state index in [2.05, 4.69) is 5.32 Å². The molecule has 2 fully saturated rings. The van der Waals surface area contributed by atoms with Crippen LogP contribution in [0.1, 0.15) is 0 Å². The number of nitrogens with one attached hydrogen (secondary N) is 1. The molecule has 2 aliphatic heterocycles. The van der Waals surface area contributed by atoms with E-state index in [0.717, 1.165) is 0 Å². The van der Waals surface area contributed by atoms with Gasteiger partial charge in [0.15, 0.2) is 9.84 Å². The Morgan fingerprint density at radius 3 is 2.56 bits per heavy atom. The average molecular weight is 287 g/mol. The van der Waals surface area contributed by atoms with Crippen LogP contribution < -0.4 is 10.2 Å². The smallest absolute Gasteiger partial charge is 0.322 e. The maximum absolute atomic E-state index is 11.9. The summed E-state index contributed by atoms with van der Waals surface area (Å²) < 4.78 is 23.2. The van der Waals surface area contributed by atoms with Gasteiger partial charge in [-0.05, 0) is 24.3 Å². The zero-order valence-electron chi connectivity index (χ0n) is 9.34. The van der Waals surface area contributed by atoms with Crippen molar-refractivity contribution in [1.82, 2.24) is 5.32 Å². The van der Waals surface area contributed by atoms with Crippen LogP contribution in [0.5, 0.6) is 0 Å². The van der Waals surface area contributed by atoms with Crippen LogP contribution in [0.25, 0.3) is 0 Å². The fourth-order valence-electron chi connectivity index (χ4n) is 2.51. The van der Waals surface area contributed by atoms with E-state index in [1.165, 1.54) is 4.90 Å². The number of hydrogen-bond acceptors (Lipinski definition) is 3. The average Bonchev–Trinajstić information content (AvgIpc) is 2.70. The van der Waals surface area contributed by atoms with Gasteiger partial charge in [0.1, 0.15) is 0 Å². The van der Waals surface area contributed by atoms with Crippen LogP contribution in [-0.4, -0.2) is 38.0 Å². The lowest BCUT2D eigenvalue weighted by molar-refractivity contribution is 0.251. The molecule has 0 spiro atoms. The molecule has 2 saturated heterocycles. The molecule has 1 aromatic rings. The highest BCUT2D eigenvalue weighted by Gasteiger charge is 2.49. The summed E-state index contributed by atoms with van der Waals surface area (Å²) in [5.41, 5.74) is 0.668. The first-order chi connectivity index (χ1) is 8.46. The minimum Gasteiger partial charge on any atom is -0.332 e.